The molecule has 0 bridgehead atoms. The number of carboxylic acid groups (broad SMARTS) is 1. The largest absolute Gasteiger partial charge is 0.481 e. The Morgan fingerprint density at radius 2 is 2.15 bits per heavy atom. The highest BCUT2D eigenvalue weighted by atomic mass is 16.4. The van der Waals surface area contributed by atoms with Crippen LogP contribution in [0.1, 0.15) is 20.8 Å². The Morgan fingerprint density at radius 1 is 1.45 bits per heavy atom. The quantitative estimate of drug-likeness (QED) is 0.621. The average molecular weight is 284 g/mol. The molecular weight excluding hydrogens is 260 g/mol. The van der Waals surface area contributed by atoms with Gasteiger partial charge in [-0.2, -0.15) is 0 Å². The van der Waals surface area contributed by atoms with E-state index in [0.717, 1.165) is 26.2 Å². The minimum Gasteiger partial charge on any atom is -0.481 e. The van der Waals surface area contributed by atoms with E-state index in [9.17, 15) is 14.7 Å². The van der Waals surface area contributed by atoms with Crippen molar-refractivity contribution in [3.63, 3.8) is 0 Å². The summed E-state index contributed by atoms with van der Waals surface area (Å²) in [7, 11) is 0. The predicted molar refractivity (Wildman–Crippen MR) is 74.0 cm³/mol. The van der Waals surface area contributed by atoms with Gasteiger partial charge in [0.1, 0.15) is 6.29 Å². The summed E-state index contributed by atoms with van der Waals surface area (Å²) < 4.78 is 0. The van der Waals surface area contributed by atoms with Crippen molar-refractivity contribution in [2.75, 3.05) is 32.7 Å². The Labute approximate surface area is 119 Å². The van der Waals surface area contributed by atoms with Gasteiger partial charge in [0.2, 0.25) is 5.91 Å². The molecule has 2 atom stereocenters. The molecule has 0 saturated carbocycles. The summed E-state index contributed by atoms with van der Waals surface area (Å²) in [6.45, 7) is 8.75. The molecule has 20 heavy (non-hydrogen) atoms. The van der Waals surface area contributed by atoms with Gasteiger partial charge < -0.3 is 15.7 Å². The molecule has 2 aliphatic heterocycles. The monoisotopic (exact) mass is 284 g/mol. The van der Waals surface area contributed by atoms with Crippen molar-refractivity contribution in [2.45, 2.75) is 33.1 Å². The van der Waals surface area contributed by atoms with E-state index in [0.29, 0.717) is 12.6 Å². The van der Waals surface area contributed by atoms with Gasteiger partial charge in [-0.05, 0) is 13.8 Å². The number of nitrogens with one attached hydrogen (secondary N) is 2. The number of hydrogen-bond donors (Lipinski definition) is 3. The molecule has 0 aromatic heterocycles. The van der Waals surface area contributed by atoms with Crippen LogP contribution in [0.25, 0.3) is 0 Å². The van der Waals surface area contributed by atoms with Crippen LogP contribution in [0.5, 0.6) is 0 Å². The number of nitrogens with zero attached hydrogens (tertiary/aromatic N) is 2. The number of hydrogen-bond acceptors (Lipinski definition) is 5. The maximum absolute atomic E-state index is 11.4. The summed E-state index contributed by atoms with van der Waals surface area (Å²) in [5, 5.41) is 15.6. The van der Waals surface area contributed by atoms with Crippen LogP contribution in [0, 0.1) is 5.41 Å². The lowest BCUT2D eigenvalue weighted by Gasteiger charge is -2.36. The van der Waals surface area contributed by atoms with Crippen LogP contribution in [0.3, 0.4) is 0 Å². The van der Waals surface area contributed by atoms with E-state index in [1.165, 1.54) is 6.92 Å². The molecule has 2 unspecified atom stereocenters. The molecule has 2 heterocycles. The Hall–Kier alpha value is -1.18. The number of amides is 1. The van der Waals surface area contributed by atoms with Crippen LogP contribution in [0.2, 0.25) is 0 Å². The van der Waals surface area contributed by atoms with E-state index in [2.05, 4.69) is 20.4 Å². The first kappa shape index (κ1) is 15.2. The van der Waals surface area contributed by atoms with Crippen LogP contribution < -0.4 is 10.6 Å². The first-order valence-corrected chi connectivity index (χ1v) is 7.02. The molecule has 0 aromatic rings. The average Bonchev–Trinajstić information content (AvgIpc) is 2.66. The third-order valence-electron chi connectivity index (χ3n) is 4.01. The molecule has 0 spiro atoms. The van der Waals surface area contributed by atoms with Gasteiger partial charge in [0.25, 0.3) is 0 Å². The van der Waals surface area contributed by atoms with Crippen molar-refractivity contribution >= 4 is 11.9 Å². The second kappa shape index (κ2) is 5.67. The van der Waals surface area contributed by atoms with Gasteiger partial charge in [-0.1, -0.05) is 0 Å². The first-order valence-electron chi connectivity index (χ1n) is 7.02. The minimum absolute atomic E-state index is 0.0905. The first-order chi connectivity index (χ1) is 9.31. The summed E-state index contributed by atoms with van der Waals surface area (Å²) >= 11 is 0. The minimum atomic E-state index is -0.835. The van der Waals surface area contributed by atoms with Gasteiger partial charge >= 0.3 is 5.97 Å². The molecule has 114 valence electrons. The second-order valence-corrected chi connectivity index (χ2v) is 6.29. The van der Waals surface area contributed by atoms with Gasteiger partial charge in [0, 0.05) is 45.7 Å². The van der Waals surface area contributed by atoms with Crippen molar-refractivity contribution in [2.24, 2.45) is 5.41 Å². The molecule has 7 heteroatoms. The van der Waals surface area contributed by atoms with Crippen LogP contribution in [0.4, 0.5) is 0 Å². The molecule has 1 amide bonds. The van der Waals surface area contributed by atoms with E-state index in [1.807, 2.05) is 0 Å². The van der Waals surface area contributed by atoms with E-state index < -0.39 is 11.4 Å². The zero-order valence-electron chi connectivity index (χ0n) is 12.3. The van der Waals surface area contributed by atoms with E-state index in [1.54, 1.807) is 13.8 Å². The Morgan fingerprint density at radius 3 is 2.75 bits per heavy atom. The van der Waals surface area contributed by atoms with Gasteiger partial charge in [-0.15, -0.1) is 0 Å². The molecule has 2 aliphatic rings. The number of piperazine rings is 1. The zero-order chi connectivity index (χ0) is 14.9. The lowest BCUT2D eigenvalue weighted by atomic mass is 9.93. The fourth-order valence-corrected chi connectivity index (χ4v) is 2.93. The number of rotatable bonds is 4. The summed E-state index contributed by atoms with van der Waals surface area (Å²) in [6, 6.07) is 0.324. The maximum Gasteiger partial charge on any atom is 0.310 e. The highest BCUT2D eigenvalue weighted by Gasteiger charge is 2.43. The maximum atomic E-state index is 11.4. The Kier molecular flexibility index (Phi) is 4.31. The van der Waals surface area contributed by atoms with Crippen LogP contribution >= 0.6 is 0 Å². The Bertz CT molecular complexity index is 399. The van der Waals surface area contributed by atoms with Crippen molar-refractivity contribution in [3.8, 4) is 0 Å². The number of aliphatic carboxylic acids is 1. The van der Waals surface area contributed by atoms with E-state index >= 15 is 0 Å². The van der Waals surface area contributed by atoms with Crippen LogP contribution in [-0.2, 0) is 9.59 Å². The standard InChI is InChI=1S/C13H24N4O3/c1-9(18)15-12-16(8-13(2,3)11(19)20)7-10-6-14-4-5-17(10)12/h10,12,14H,4-8H2,1-3H3,(H,15,18)(H,19,20). The number of fused-ring (bicyclic) bond motifs is 1. The lowest BCUT2D eigenvalue weighted by Crippen LogP contribution is -2.58. The van der Waals surface area contributed by atoms with Crippen molar-refractivity contribution < 1.29 is 14.7 Å². The topological polar surface area (TPSA) is 84.9 Å². The summed E-state index contributed by atoms with van der Waals surface area (Å²) in [6.07, 6.45) is -0.196. The summed E-state index contributed by atoms with van der Waals surface area (Å²) in [5.74, 6) is -0.908. The van der Waals surface area contributed by atoms with Gasteiger partial charge in [0.15, 0.2) is 0 Å². The van der Waals surface area contributed by atoms with Gasteiger partial charge in [-0.25, -0.2) is 0 Å². The van der Waals surface area contributed by atoms with Crippen molar-refractivity contribution in [1.82, 2.24) is 20.4 Å². The molecule has 0 radical (unpaired) electrons. The fourth-order valence-electron chi connectivity index (χ4n) is 2.93. The highest BCUT2D eigenvalue weighted by molar-refractivity contribution is 5.74. The SMILES string of the molecule is CC(=O)NC1N(CC(C)(C)C(=O)O)CC2CNCCN21. The fraction of sp³-hybridized carbons (Fsp3) is 0.846. The molecular formula is C13H24N4O3. The third kappa shape index (κ3) is 3.11. The number of carboxylic acids is 1. The van der Waals surface area contributed by atoms with Crippen LogP contribution in [0.15, 0.2) is 0 Å². The van der Waals surface area contributed by atoms with Crippen LogP contribution in [-0.4, -0.2) is 71.8 Å². The second-order valence-electron chi connectivity index (χ2n) is 6.29. The third-order valence-corrected chi connectivity index (χ3v) is 4.01. The molecule has 2 rings (SSSR count). The van der Waals surface area contributed by atoms with Gasteiger partial charge in [-0.3, -0.25) is 19.4 Å². The predicted octanol–water partition coefficient (Wildman–Crippen LogP) is -0.894. The highest BCUT2D eigenvalue weighted by Crippen LogP contribution is 2.25. The number of carbonyl (C=O) groups is 2. The normalized spacial score (nSPS) is 28.1. The Balaban J connectivity index is 2.13. The van der Waals surface area contributed by atoms with Gasteiger partial charge in [0.05, 0.1) is 5.41 Å². The molecule has 2 saturated heterocycles. The molecule has 0 aromatic carbocycles. The molecule has 0 aliphatic carbocycles. The zero-order valence-corrected chi connectivity index (χ0v) is 12.3. The summed E-state index contributed by atoms with van der Waals surface area (Å²) in [5.41, 5.74) is -0.835. The molecule has 7 nitrogen and oxygen atoms in total. The molecule has 3 N–H and O–H groups in total. The van der Waals surface area contributed by atoms with E-state index in [-0.39, 0.29) is 12.2 Å². The number of carbonyl (C=O) groups excluding carboxylic acids is 1. The van der Waals surface area contributed by atoms with Crippen molar-refractivity contribution in [3.05, 3.63) is 0 Å². The molecule has 2 fully saturated rings. The summed E-state index contributed by atoms with van der Waals surface area (Å²) in [4.78, 5) is 27.0. The smallest absolute Gasteiger partial charge is 0.310 e. The van der Waals surface area contributed by atoms with E-state index in [4.69, 9.17) is 0 Å². The van der Waals surface area contributed by atoms with Crippen molar-refractivity contribution in [1.29, 1.82) is 0 Å². The lowest BCUT2D eigenvalue weighted by molar-refractivity contribution is -0.148.